The van der Waals surface area contributed by atoms with Crippen molar-refractivity contribution in [2.45, 2.75) is 25.8 Å². The van der Waals surface area contributed by atoms with E-state index >= 15 is 0 Å². The van der Waals surface area contributed by atoms with E-state index < -0.39 is 0 Å². The average Bonchev–Trinajstić information content (AvgIpc) is 2.62. The summed E-state index contributed by atoms with van der Waals surface area (Å²) in [7, 11) is 1.65. The summed E-state index contributed by atoms with van der Waals surface area (Å²) in [6.45, 7) is 1.50. The monoisotopic (exact) mass is 335 g/mol. The van der Waals surface area contributed by atoms with Crippen LogP contribution in [0.3, 0.4) is 0 Å². The Morgan fingerprint density at radius 1 is 1.12 bits per heavy atom. The van der Waals surface area contributed by atoms with Crippen molar-refractivity contribution in [3.8, 4) is 5.75 Å². The Hall–Kier alpha value is -2.55. The van der Waals surface area contributed by atoms with Gasteiger partial charge in [-0.1, -0.05) is 55.0 Å². The number of methoxy groups -OCH3 is 1. The predicted molar refractivity (Wildman–Crippen MR) is 101 cm³/mol. The molecule has 2 aromatic rings. The molecule has 0 heterocycles. The van der Waals surface area contributed by atoms with Crippen molar-refractivity contribution in [3.63, 3.8) is 0 Å². The highest BCUT2D eigenvalue weighted by atomic mass is 16.5. The maximum Gasteiger partial charge on any atom is 0.246 e. The third-order valence-corrected chi connectivity index (χ3v) is 4.78. The first kappa shape index (κ1) is 17.3. The zero-order valence-electron chi connectivity index (χ0n) is 14.7. The lowest BCUT2D eigenvalue weighted by molar-refractivity contribution is -0.127. The zero-order chi connectivity index (χ0) is 17.5. The molecule has 1 aliphatic carbocycles. The van der Waals surface area contributed by atoms with E-state index in [0.717, 1.165) is 17.9 Å². The number of nitrogens with zero attached hydrogens (tertiary/aromatic N) is 1. The normalized spacial score (nSPS) is 14.3. The van der Waals surface area contributed by atoms with Gasteiger partial charge in [0.15, 0.2) is 0 Å². The molecule has 0 spiro atoms. The van der Waals surface area contributed by atoms with E-state index in [2.05, 4.69) is 12.1 Å². The van der Waals surface area contributed by atoms with E-state index in [1.54, 1.807) is 13.2 Å². The Bertz CT molecular complexity index is 720. The van der Waals surface area contributed by atoms with Gasteiger partial charge in [-0.3, -0.25) is 4.79 Å². The molecule has 0 unspecified atom stereocenters. The van der Waals surface area contributed by atoms with E-state index in [-0.39, 0.29) is 5.91 Å². The molecule has 0 bridgehead atoms. The van der Waals surface area contributed by atoms with Gasteiger partial charge < -0.3 is 9.64 Å². The topological polar surface area (TPSA) is 29.5 Å². The predicted octanol–water partition coefficient (Wildman–Crippen LogP) is 4.54. The van der Waals surface area contributed by atoms with Gasteiger partial charge in [0.1, 0.15) is 5.75 Å². The number of hydrogen-bond donors (Lipinski definition) is 0. The highest BCUT2D eigenvalue weighted by molar-refractivity contribution is 5.92. The highest BCUT2D eigenvalue weighted by Gasteiger charge is 2.22. The molecule has 1 fully saturated rings. The number of carbonyl (C=O) groups excluding carboxylic acids is 1. The van der Waals surface area contributed by atoms with Crippen LogP contribution in [0.25, 0.3) is 6.08 Å². The Labute approximate surface area is 149 Å². The van der Waals surface area contributed by atoms with Crippen molar-refractivity contribution in [2.24, 2.45) is 5.92 Å². The lowest BCUT2D eigenvalue weighted by Gasteiger charge is -2.32. The van der Waals surface area contributed by atoms with Crippen LogP contribution in [0.15, 0.2) is 60.7 Å². The minimum Gasteiger partial charge on any atom is -0.496 e. The number of ether oxygens (including phenoxy) is 1. The van der Waals surface area contributed by atoms with Crippen LogP contribution in [-0.2, 0) is 11.3 Å². The molecule has 0 radical (unpaired) electrons. The second-order valence-electron chi connectivity index (χ2n) is 6.58. The smallest absolute Gasteiger partial charge is 0.246 e. The molecule has 3 heteroatoms. The van der Waals surface area contributed by atoms with Crippen molar-refractivity contribution in [1.29, 1.82) is 0 Å². The molecule has 0 saturated heterocycles. The molecule has 3 rings (SSSR count). The summed E-state index contributed by atoms with van der Waals surface area (Å²) in [5.74, 6) is 1.48. The van der Waals surface area contributed by atoms with Gasteiger partial charge in [0, 0.05) is 24.7 Å². The molecule has 1 saturated carbocycles. The van der Waals surface area contributed by atoms with Gasteiger partial charge in [-0.15, -0.1) is 0 Å². The van der Waals surface area contributed by atoms with Gasteiger partial charge >= 0.3 is 0 Å². The largest absolute Gasteiger partial charge is 0.496 e. The van der Waals surface area contributed by atoms with Crippen LogP contribution in [0.5, 0.6) is 5.75 Å². The van der Waals surface area contributed by atoms with Gasteiger partial charge in [0.25, 0.3) is 0 Å². The van der Waals surface area contributed by atoms with Crippen LogP contribution in [0, 0.1) is 5.92 Å². The Morgan fingerprint density at radius 3 is 2.52 bits per heavy atom. The molecule has 3 nitrogen and oxygen atoms in total. The lowest BCUT2D eigenvalue weighted by atomic mass is 9.85. The van der Waals surface area contributed by atoms with Crippen molar-refractivity contribution in [3.05, 3.63) is 71.8 Å². The van der Waals surface area contributed by atoms with Gasteiger partial charge in [-0.25, -0.2) is 0 Å². The van der Waals surface area contributed by atoms with E-state index in [1.165, 1.54) is 24.8 Å². The summed E-state index contributed by atoms with van der Waals surface area (Å²) in [6.07, 6.45) is 7.26. The standard InChI is InChI=1S/C22H25NO2/c1-25-21-13-6-5-12-20(21)14-15-22(24)23(17-19-10-7-11-19)16-18-8-3-2-4-9-18/h2-6,8-9,12-15,19H,7,10-11,16-17H2,1H3. The van der Waals surface area contributed by atoms with Gasteiger partial charge in [-0.05, 0) is 36.5 Å². The first-order chi connectivity index (χ1) is 12.3. The van der Waals surface area contributed by atoms with Crippen LogP contribution >= 0.6 is 0 Å². The minimum atomic E-state index is 0.0571. The van der Waals surface area contributed by atoms with E-state index in [4.69, 9.17) is 4.74 Å². The molecule has 1 amide bonds. The van der Waals surface area contributed by atoms with Crippen molar-refractivity contribution >= 4 is 12.0 Å². The maximum atomic E-state index is 12.8. The molecule has 25 heavy (non-hydrogen) atoms. The fourth-order valence-corrected chi connectivity index (χ4v) is 3.09. The summed E-state index contributed by atoms with van der Waals surface area (Å²) < 4.78 is 5.35. The first-order valence-electron chi connectivity index (χ1n) is 8.90. The maximum absolute atomic E-state index is 12.8. The molecule has 0 atom stereocenters. The highest BCUT2D eigenvalue weighted by Crippen LogP contribution is 2.28. The second-order valence-corrected chi connectivity index (χ2v) is 6.58. The summed E-state index contributed by atoms with van der Waals surface area (Å²) in [5, 5.41) is 0. The van der Waals surface area contributed by atoms with Gasteiger partial charge in [0.2, 0.25) is 5.91 Å². The lowest BCUT2D eigenvalue weighted by Crippen LogP contribution is -2.36. The fraction of sp³-hybridized carbons (Fsp3) is 0.318. The molecular formula is C22H25NO2. The third-order valence-electron chi connectivity index (χ3n) is 4.78. The van der Waals surface area contributed by atoms with Crippen molar-refractivity contribution < 1.29 is 9.53 Å². The number of hydrogen-bond acceptors (Lipinski definition) is 2. The van der Waals surface area contributed by atoms with E-state index in [0.29, 0.717) is 12.5 Å². The Kier molecular flexibility index (Phi) is 5.89. The van der Waals surface area contributed by atoms with Crippen molar-refractivity contribution in [1.82, 2.24) is 4.90 Å². The number of para-hydroxylation sites is 1. The first-order valence-corrected chi connectivity index (χ1v) is 8.90. The summed E-state index contributed by atoms with van der Waals surface area (Å²) >= 11 is 0. The average molecular weight is 335 g/mol. The molecule has 1 aliphatic rings. The summed E-state index contributed by atoms with van der Waals surface area (Å²) in [6, 6.07) is 17.9. The quantitative estimate of drug-likeness (QED) is 0.695. The number of amides is 1. The van der Waals surface area contributed by atoms with Crippen LogP contribution in [-0.4, -0.2) is 24.5 Å². The SMILES string of the molecule is COc1ccccc1C=CC(=O)N(Cc1ccccc1)CC1CCC1. The molecule has 0 N–H and O–H groups in total. The molecule has 0 aromatic heterocycles. The Morgan fingerprint density at radius 2 is 1.84 bits per heavy atom. The second kappa shape index (κ2) is 8.52. The summed E-state index contributed by atoms with van der Waals surface area (Å²) in [4.78, 5) is 14.8. The Balaban J connectivity index is 1.72. The summed E-state index contributed by atoms with van der Waals surface area (Å²) in [5.41, 5.74) is 2.09. The number of benzene rings is 2. The van der Waals surface area contributed by atoms with Crippen LogP contribution < -0.4 is 4.74 Å². The van der Waals surface area contributed by atoms with Gasteiger partial charge in [-0.2, -0.15) is 0 Å². The van der Waals surface area contributed by atoms with E-state index in [1.807, 2.05) is 53.4 Å². The number of rotatable bonds is 7. The minimum absolute atomic E-state index is 0.0571. The molecular weight excluding hydrogens is 310 g/mol. The molecule has 2 aromatic carbocycles. The van der Waals surface area contributed by atoms with Gasteiger partial charge in [0.05, 0.1) is 7.11 Å². The van der Waals surface area contributed by atoms with Crippen LogP contribution in [0.2, 0.25) is 0 Å². The van der Waals surface area contributed by atoms with Crippen molar-refractivity contribution in [2.75, 3.05) is 13.7 Å². The van der Waals surface area contributed by atoms with Crippen LogP contribution in [0.1, 0.15) is 30.4 Å². The van der Waals surface area contributed by atoms with E-state index in [9.17, 15) is 4.79 Å². The fourth-order valence-electron chi connectivity index (χ4n) is 3.09. The number of carbonyl (C=O) groups is 1. The molecule has 0 aliphatic heterocycles. The molecule has 130 valence electrons. The van der Waals surface area contributed by atoms with Crippen LogP contribution in [0.4, 0.5) is 0 Å². The third kappa shape index (κ3) is 4.72. The zero-order valence-corrected chi connectivity index (χ0v) is 14.7.